The van der Waals surface area contributed by atoms with Gasteiger partial charge in [0.25, 0.3) is 0 Å². The zero-order valence-corrected chi connectivity index (χ0v) is 12.0. The van der Waals surface area contributed by atoms with Crippen LogP contribution in [0.3, 0.4) is 0 Å². The van der Waals surface area contributed by atoms with Crippen molar-refractivity contribution in [1.29, 1.82) is 0 Å². The van der Waals surface area contributed by atoms with E-state index in [1.54, 1.807) is 30.3 Å². The van der Waals surface area contributed by atoms with Crippen LogP contribution in [0.1, 0.15) is 13.8 Å². The van der Waals surface area contributed by atoms with Gasteiger partial charge in [0.05, 0.1) is 22.5 Å². The molecule has 0 amide bonds. The minimum Gasteiger partial charge on any atom is -0.489 e. The lowest BCUT2D eigenvalue weighted by molar-refractivity contribution is 0.244. The van der Waals surface area contributed by atoms with Crippen LogP contribution < -0.4 is 15.8 Å². The molecule has 0 aliphatic carbocycles. The van der Waals surface area contributed by atoms with Crippen molar-refractivity contribution >= 4 is 28.7 Å². The van der Waals surface area contributed by atoms with Gasteiger partial charge in [-0.15, -0.1) is 0 Å². The van der Waals surface area contributed by atoms with E-state index in [-0.39, 0.29) is 11.8 Å². The van der Waals surface area contributed by atoms with E-state index in [0.29, 0.717) is 22.1 Å². The number of halogens is 2. The zero-order chi connectivity index (χ0) is 14.7. The molecule has 0 fully saturated rings. The van der Waals surface area contributed by atoms with Crippen LogP contribution in [0.5, 0.6) is 5.75 Å². The lowest BCUT2D eigenvalue weighted by atomic mass is 10.2. The van der Waals surface area contributed by atoms with Crippen molar-refractivity contribution in [3.63, 3.8) is 0 Å². The monoisotopic (exact) mass is 294 g/mol. The number of hydrogen-bond donors (Lipinski definition) is 2. The maximum Gasteiger partial charge on any atom is 0.148 e. The standard InChI is InChI=1S/C15H16ClFN2O/c1-9(2)20-14-8-10(6-7-13(14)18)19-15-11(16)4-3-5-12(15)17/h3-9,19H,18H2,1-2H3. The predicted molar refractivity (Wildman–Crippen MR) is 81.3 cm³/mol. The fourth-order valence-electron chi connectivity index (χ4n) is 1.73. The smallest absolute Gasteiger partial charge is 0.148 e. The van der Waals surface area contributed by atoms with Gasteiger partial charge in [0, 0.05) is 11.8 Å². The second-order valence-electron chi connectivity index (χ2n) is 4.64. The molecule has 0 radical (unpaired) electrons. The van der Waals surface area contributed by atoms with E-state index in [1.807, 2.05) is 13.8 Å². The van der Waals surface area contributed by atoms with Crippen molar-refractivity contribution in [2.75, 3.05) is 11.1 Å². The molecule has 0 unspecified atom stereocenters. The lowest BCUT2D eigenvalue weighted by Gasteiger charge is -2.15. The summed E-state index contributed by atoms with van der Waals surface area (Å²) in [6.07, 6.45) is 0.00426. The lowest BCUT2D eigenvalue weighted by Crippen LogP contribution is -2.07. The van der Waals surface area contributed by atoms with Crippen LogP contribution in [0.4, 0.5) is 21.5 Å². The van der Waals surface area contributed by atoms with Gasteiger partial charge in [-0.3, -0.25) is 0 Å². The van der Waals surface area contributed by atoms with Crippen molar-refractivity contribution in [2.24, 2.45) is 0 Å². The average molecular weight is 295 g/mol. The summed E-state index contributed by atoms with van der Waals surface area (Å²) in [5.41, 5.74) is 7.25. The van der Waals surface area contributed by atoms with E-state index in [4.69, 9.17) is 22.1 Å². The third kappa shape index (κ3) is 3.33. The van der Waals surface area contributed by atoms with Gasteiger partial charge < -0.3 is 15.8 Å². The molecule has 3 nitrogen and oxygen atoms in total. The Morgan fingerprint density at radius 1 is 1.25 bits per heavy atom. The van der Waals surface area contributed by atoms with E-state index in [1.165, 1.54) is 6.07 Å². The Morgan fingerprint density at radius 3 is 2.65 bits per heavy atom. The Labute approximate surface area is 122 Å². The molecule has 0 aromatic heterocycles. The van der Waals surface area contributed by atoms with Gasteiger partial charge in [0.15, 0.2) is 0 Å². The fraction of sp³-hybridized carbons (Fsp3) is 0.200. The normalized spacial score (nSPS) is 10.7. The third-order valence-electron chi connectivity index (χ3n) is 2.61. The number of nitrogens with two attached hydrogens (primary N) is 1. The van der Waals surface area contributed by atoms with Gasteiger partial charge in [0.1, 0.15) is 11.6 Å². The Bertz CT molecular complexity index is 597. The van der Waals surface area contributed by atoms with Crippen molar-refractivity contribution in [3.8, 4) is 5.75 Å². The second kappa shape index (κ2) is 6.01. The van der Waals surface area contributed by atoms with Crippen LogP contribution in [0.2, 0.25) is 5.02 Å². The molecule has 5 heteroatoms. The second-order valence-corrected chi connectivity index (χ2v) is 5.05. The molecule has 3 N–H and O–H groups in total. The minimum atomic E-state index is -0.416. The molecule has 0 bridgehead atoms. The number of para-hydroxylation sites is 1. The van der Waals surface area contributed by atoms with Gasteiger partial charge in [-0.05, 0) is 38.1 Å². The van der Waals surface area contributed by atoms with Crippen molar-refractivity contribution in [1.82, 2.24) is 0 Å². The van der Waals surface area contributed by atoms with Gasteiger partial charge in [-0.25, -0.2) is 4.39 Å². The van der Waals surface area contributed by atoms with Gasteiger partial charge in [-0.1, -0.05) is 17.7 Å². The summed E-state index contributed by atoms with van der Waals surface area (Å²) < 4.78 is 19.3. The van der Waals surface area contributed by atoms with Crippen molar-refractivity contribution in [2.45, 2.75) is 20.0 Å². The maximum absolute atomic E-state index is 13.7. The highest BCUT2D eigenvalue weighted by Crippen LogP contribution is 2.32. The minimum absolute atomic E-state index is 0.00426. The number of ether oxygens (including phenoxy) is 1. The number of benzene rings is 2. The van der Waals surface area contributed by atoms with E-state index >= 15 is 0 Å². The molecule has 0 heterocycles. The first-order valence-corrected chi connectivity index (χ1v) is 6.62. The zero-order valence-electron chi connectivity index (χ0n) is 11.3. The molecular formula is C15H16ClFN2O. The summed E-state index contributed by atoms with van der Waals surface area (Å²) >= 11 is 5.98. The van der Waals surface area contributed by atoms with Gasteiger partial charge in [-0.2, -0.15) is 0 Å². The molecule has 2 aromatic carbocycles. The van der Waals surface area contributed by atoms with Crippen LogP contribution in [0.15, 0.2) is 36.4 Å². The molecule has 0 atom stereocenters. The summed E-state index contributed by atoms with van der Waals surface area (Å²) in [6.45, 7) is 3.82. The quantitative estimate of drug-likeness (QED) is 0.811. The molecule has 0 spiro atoms. The molecule has 0 aliphatic rings. The van der Waals surface area contributed by atoms with E-state index < -0.39 is 5.82 Å². The number of nitrogen functional groups attached to an aromatic ring is 1. The fourth-order valence-corrected chi connectivity index (χ4v) is 1.94. The van der Waals surface area contributed by atoms with Crippen molar-refractivity contribution < 1.29 is 9.13 Å². The Kier molecular flexibility index (Phi) is 4.35. The number of hydrogen-bond acceptors (Lipinski definition) is 3. The largest absolute Gasteiger partial charge is 0.489 e. The molecular weight excluding hydrogens is 279 g/mol. The third-order valence-corrected chi connectivity index (χ3v) is 2.92. The van der Waals surface area contributed by atoms with E-state index in [2.05, 4.69) is 5.32 Å². The predicted octanol–water partition coefficient (Wildman–Crippen LogP) is 4.59. The summed E-state index contributed by atoms with van der Waals surface area (Å²) in [5, 5.41) is 3.25. The first-order valence-electron chi connectivity index (χ1n) is 6.24. The molecule has 0 saturated heterocycles. The molecule has 2 aromatic rings. The Morgan fingerprint density at radius 2 is 2.00 bits per heavy atom. The Balaban J connectivity index is 2.30. The molecule has 0 saturated carbocycles. The van der Waals surface area contributed by atoms with Crippen LogP contribution in [-0.2, 0) is 0 Å². The average Bonchev–Trinajstić information content (AvgIpc) is 2.37. The van der Waals surface area contributed by atoms with Gasteiger partial charge >= 0.3 is 0 Å². The first kappa shape index (κ1) is 14.5. The first-order chi connectivity index (χ1) is 9.47. The summed E-state index contributed by atoms with van der Waals surface area (Å²) in [7, 11) is 0. The number of nitrogens with one attached hydrogen (secondary N) is 1. The molecule has 2 rings (SSSR count). The van der Waals surface area contributed by atoms with Crippen molar-refractivity contribution in [3.05, 3.63) is 47.2 Å². The van der Waals surface area contributed by atoms with Crippen LogP contribution in [-0.4, -0.2) is 6.10 Å². The molecule has 0 aliphatic heterocycles. The maximum atomic E-state index is 13.7. The highest BCUT2D eigenvalue weighted by Gasteiger charge is 2.09. The number of rotatable bonds is 4. The SMILES string of the molecule is CC(C)Oc1cc(Nc2c(F)cccc2Cl)ccc1N. The van der Waals surface area contributed by atoms with E-state index in [0.717, 1.165) is 0 Å². The topological polar surface area (TPSA) is 47.3 Å². The molecule has 20 heavy (non-hydrogen) atoms. The summed E-state index contributed by atoms with van der Waals surface area (Å²) in [6, 6.07) is 9.68. The summed E-state index contributed by atoms with van der Waals surface area (Å²) in [4.78, 5) is 0. The molecule has 106 valence electrons. The highest BCUT2D eigenvalue weighted by molar-refractivity contribution is 6.33. The van der Waals surface area contributed by atoms with Crippen LogP contribution >= 0.6 is 11.6 Å². The van der Waals surface area contributed by atoms with E-state index in [9.17, 15) is 4.39 Å². The van der Waals surface area contributed by atoms with Gasteiger partial charge in [0.2, 0.25) is 0 Å². The highest BCUT2D eigenvalue weighted by atomic mass is 35.5. The summed E-state index contributed by atoms with van der Waals surface area (Å²) in [5.74, 6) is 0.137. The Hall–Kier alpha value is -1.94. The van der Waals surface area contributed by atoms with Crippen LogP contribution in [0.25, 0.3) is 0 Å². The number of anilines is 3. The van der Waals surface area contributed by atoms with Crippen LogP contribution in [0, 0.1) is 5.82 Å².